The van der Waals surface area contributed by atoms with Crippen LogP contribution in [0.4, 0.5) is 18.7 Å². The number of nitrogens with one attached hydrogen (secondary N) is 2. The van der Waals surface area contributed by atoms with Crippen molar-refractivity contribution in [2.75, 3.05) is 11.9 Å². The van der Waals surface area contributed by atoms with Crippen molar-refractivity contribution < 1.29 is 13.6 Å². The predicted molar refractivity (Wildman–Crippen MR) is 81.8 cm³/mol. The van der Waals surface area contributed by atoms with E-state index in [0.29, 0.717) is 30.2 Å². The molecular weight excluding hydrogens is 332 g/mol. The van der Waals surface area contributed by atoms with Gasteiger partial charge in [0.2, 0.25) is 5.13 Å². The second-order valence-corrected chi connectivity index (χ2v) is 6.61. The van der Waals surface area contributed by atoms with Crippen molar-refractivity contribution >= 4 is 33.8 Å². The molecule has 0 saturated heterocycles. The number of nitrogens with zero attached hydrogens (tertiary/aromatic N) is 3. The number of hydrogen-bond acceptors (Lipinski definition) is 6. The van der Waals surface area contributed by atoms with Gasteiger partial charge in [0, 0.05) is 24.3 Å². The molecule has 0 bridgehead atoms. The summed E-state index contributed by atoms with van der Waals surface area (Å²) in [6.07, 6.45) is -2.08. The smallest absolute Gasteiger partial charge is 0.321 e. The van der Waals surface area contributed by atoms with Crippen LogP contribution in [0.2, 0.25) is 0 Å². The molecule has 6 nitrogen and oxygen atoms in total. The summed E-state index contributed by atoms with van der Waals surface area (Å²) in [4.78, 5) is 16.1. The highest BCUT2D eigenvalue weighted by molar-refractivity contribution is 7.15. The molecule has 2 rings (SSSR count). The minimum Gasteiger partial charge on any atom is -0.337 e. The molecule has 0 aliphatic heterocycles. The number of hydrogen-bond donors (Lipinski definition) is 2. The summed E-state index contributed by atoms with van der Waals surface area (Å²) in [6.45, 7) is 4.54. The van der Waals surface area contributed by atoms with Crippen molar-refractivity contribution in [3.05, 3.63) is 21.1 Å². The van der Waals surface area contributed by atoms with Gasteiger partial charge in [0.1, 0.15) is 0 Å². The van der Waals surface area contributed by atoms with Crippen LogP contribution in [-0.2, 0) is 6.42 Å². The summed E-state index contributed by atoms with van der Waals surface area (Å²) in [5.74, 6) is 0.386. The number of alkyl halides is 2. The van der Waals surface area contributed by atoms with E-state index in [2.05, 4.69) is 39.7 Å². The molecule has 0 fully saturated rings. The van der Waals surface area contributed by atoms with Gasteiger partial charge >= 0.3 is 6.03 Å². The molecule has 2 aromatic heterocycles. The fourth-order valence-corrected chi connectivity index (χ4v) is 2.99. The topological polar surface area (TPSA) is 79.8 Å². The summed E-state index contributed by atoms with van der Waals surface area (Å²) in [5.41, 5.74) is 0.921. The second-order valence-electron chi connectivity index (χ2n) is 4.71. The van der Waals surface area contributed by atoms with Crippen LogP contribution in [0.5, 0.6) is 0 Å². The molecule has 2 heterocycles. The van der Waals surface area contributed by atoms with Crippen molar-refractivity contribution in [1.29, 1.82) is 0 Å². The Morgan fingerprint density at radius 3 is 2.68 bits per heavy atom. The first-order valence-electron chi connectivity index (χ1n) is 6.56. The number of thiazole rings is 1. The number of urea groups is 1. The first kappa shape index (κ1) is 16.7. The molecule has 0 spiro atoms. The molecule has 0 unspecified atom stereocenters. The van der Waals surface area contributed by atoms with E-state index in [9.17, 15) is 13.6 Å². The van der Waals surface area contributed by atoms with Crippen LogP contribution in [0, 0.1) is 0 Å². The zero-order valence-electron chi connectivity index (χ0n) is 12.0. The zero-order chi connectivity index (χ0) is 16.1. The molecule has 0 aliphatic carbocycles. The Bertz CT molecular complexity index is 629. The number of aromatic nitrogens is 3. The summed E-state index contributed by atoms with van der Waals surface area (Å²) < 4.78 is 24.7. The minimum absolute atomic E-state index is 0.0450. The van der Waals surface area contributed by atoms with Gasteiger partial charge in [-0.3, -0.25) is 5.32 Å². The first-order valence-corrected chi connectivity index (χ1v) is 8.26. The lowest BCUT2D eigenvalue weighted by atomic mass is 10.2. The number of carbonyl (C=O) groups excluding carboxylic acids is 1. The van der Waals surface area contributed by atoms with E-state index in [4.69, 9.17) is 0 Å². The molecular formula is C12H15F2N5OS2. The Kier molecular flexibility index (Phi) is 5.72. The van der Waals surface area contributed by atoms with Gasteiger partial charge in [-0.2, -0.15) is 0 Å². The molecule has 120 valence electrons. The van der Waals surface area contributed by atoms with Crippen molar-refractivity contribution in [3.63, 3.8) is 0 Å². The lowest BCUT2D eigenvalue weighted by Crippen LogP contribution is -2.30. The lowest BCUT2D eigenvalue weighted by Gasteiger charge is -2.03. The summed E-state index contributed by atoms with van der Waals surface area (Å²) >= 11 is 2.25. The van der Waals surface area contributed by atoms with Gasteiger partial charge in [-0.1, -0.05) is 25.2 Å². The Balaban J connectivity index is 1.75. The van der Waals surface area contributed by atoms with Crippen molar-refractivity contribution in [1.82, 2.24) is 20.5 Å². The third-order valence-electron chi connectivity index (χ3n) is 2.58. The van der Waals surface area contributed by atoms with Gasteiger partial charge in [0.15, 0.2) is 5.01 Å². The highest BCUT2D eigenvalue weighted by atomic mass is 32.1. The first-order chi connectivity index (χ1) is 10.5. The van der Waals surface area contributed by atoms with E-state index < -0.39 is 17.5 Å². The Hall–Kier alpha value is -1.68. The molecule has 0 saturated carbocycles. The molecule has 0 radical (unpaired) electrons. The number of amides is 2. The normalized spacial score (nSPS) is 11.2. The van der Waals surface area contributed by atoms with Crippen LogP contribution >= 0.6 is 22.7 Å². The molecule has 22 heavy (non-hydrogen) atoms. The van der Waals surface area contributed by atoms with Crippen molar-refractivity contribution in [3.8, 4) is 0 Å². The van der Waals surface area contributed by atoms with E-state index in [-0.39, 0.29) is 5.13 Å². The Morgan fingerprint density at radius 2 is 2.09 bits per heavy atom. The van der Waals surface area contributed by atoms with E-state index in [1.54, 1.807) is 11.3 Å². The molecule has 0 atom stereocenters. The van der Waals surface area contributed by atoms with Crippen LogP contribution < -0.4 is 10.6 Å². The highest BCUT2D eigenvalue weighted by Crippen LogP contribution is 2.24. The highest BCUT2D eigenvalue weighted by Gasteiger charge is 2.15. The predicted octanol–water partition coefficient (Wildman–Crippen LogP) is 3.42. The second kappa shape index (κ2) is 7.54. The average Bonchev–Trinajstić information content (AvgIpc) is 3.07. The monoisotopic (exact) mass is 347 g/mol. The van der Waals surface area contributed by atoms with Gasteiger partial charge in [0.25, 0.3) is 6.43 Å². The number of anilines is 1. The standard InChI is InChI=1S/C12H15F2N5OS2/c1-6(2)9-16-7(5-21-9)3-4-15-11(20)17-12-19-18-10(22-12)8(13)14/h5-6,8H,3-4H2,1-2H3,(H2,15,17,19,20). The summed E-state index contributed by atoms with van der Waals surface area (Å²) in [5, 5.41) is 14.4. The number of carbonyl (C=O) groups is 1. The fraction of sp³-hybridized carbons (Fsp3) is 0.500. The molecule has 0 aromatic carbocycles. The molecule has 2 amide bonds. The Morgan fingerprint density at radius 1 is 1.32 bits per heavy atom. The van der Waals surface area contributed by atoms with Gasteiger partial charge < -0.3 is 5.32 Å². The van der Waals surface area contributed by atoms with E-state index >= 15 is 0 Å². The minimum atomic E-state index is -2.68. The van der Waals surface area contributed by atoms with Crippen LogP contribution in [-0.4, -0.2) is 27.8 Å². The van der Waals surface area contributed by atoms with Crippen molar-refractivity contribution in [2.45, 2.75) is 32.6 Å². The SMILES string of the molecule is CC(C)c1nc(CCNC(=O)Nc2nnc(C(F)F)s2)cs1. The lowest BCUT2D eigenvalue weighted by molar-refractivity contribution is 0.150. The van der Waals surface area contributed by atoms with Crippen molar-refractivity contribution in [2.24, 2.45) is 0 Å². The quantitative estimate of drug-likeness (QED) is 0.839. The zero-order valence-corrected chi connectivity index (χ0v) is 13.6. The van der Waals surface area contributed by atoms with E-state index in [1.165, 1.54) is 0 Å². The maximum absolute atomic E-state index is 12.3. The molecule has 0 aliphatic rings. The van der Waals surface area contributed by atoms with E-state index in [1.807, 2.05) is 5.38 Å². The average molecular weight is 347 g/mol. The molecule has 2 aromatic rings. The fourth-order valence-electron chi connectivity index (χ4n) is 1.52. The summed E-state index contributed by atoms with van der Waals surface area (Å²) in [7, 11) is 0. The van der Waals surface area contributed by atoms with Gasteiger partial charge in [-0.15, -0.1) is 21.5 Å². The largest absolute Gasteiger partial charge is 0.337 e. The third kappa shape index (κ3) is 4.67. The van der Waals surface area contributed by atoms with Gasteiger partial charge in [-0.05, 0) is 0 Å². The Labute approximate surface area is 134 Å². The van der Waals surface area contributed by atoms with E-state index in [0.717, 1.165) is 10.7 Å². The summed E-state index contributed by atoms with van der Waals surface area (Å²) in [6, 6.07) is -0.503. The maximum atomic E-state index is 12.3. The number of halogens is 2. The molecule has 2 N–H and O–H groups in total. The van der Waals surface area contributed by atoms with Crippen LogP contribution in [0.15, 0.2) is 5.38 Å². The van der Waals surface area contributed by atoms with Crippen LogP contribution in [0.3, 0.4) is 0 Å². The number of rotatable bonds is 6. The van der Waals surface area contributed by atoms with Gasteiger partial charge in [0.05, 0.1) is 10.7 Å². The van der Waals surface area contributed by atoms with Crippen LogP contribution in [0.1, 0.15) is 41.9 Å². The van der Waals surface area contributed by atoms with Crippen LogP contribution in [0.25, 0.3) is 0 Å². The van der Waals surface area contributed by atoms with Gasteiger partial charge in [-0.25, -0.2) is 18.6 Å². The third-order valence-corrected chi connectivity index (χ3v) is 4.62. The maximum Gasteiger partial charge on any atom is 0.321 e. The molecule has 10 heteroatoms.